The monoisotopic (exact) mass is 529 g/mol. The van der Waals surface area contributed by atoms with E-state index in [0.29, 0.717) is 16.8 Å². The predicted molar refractivity (Wildman–Crippen MR) is 137 cm³/mol. The van der Waals surface area contributed by atoms with Crippen molar-refractivity contribution in [3.63, 3.8) is 0 Å². The number of benzene rings is 2. The minimum atomic E-state index is -4.34. The first-order valence-corrected chi connectivity index (χ1v) is 13.8. The zero-order valence-electron chi connectivity index (χ0n) is 20.0. The number of hydrogen-bond donors (Lipinski definition) is 0. The number of thioether (sulfide) groups is 1. The number of fused-ring (bicyclic) bond motifs is 2. The van der Waals surface area contributed by atoms with E-state index in [1.165, 1.54) is 28.8 Å². The molecule has 1 saturated heterocycles. The Labute approximate surface area is 215 Å². The van der Waals surface area contributed by atoms with Gasteiger partial charge in [0, 0.05) is 36.9 Å². The third-order valence-corrected chi connectivity index (χ3v) is 9.50. The number of aromatic nitrogens is 4. The van der Waals surface area contributed by atoms with Gasteiger partial charge in [0.25, 0.3) is 0 Å². The zero-order chi connectivity index (χ0) is 25.1. The molecule has 1 saturated carbocycles. The molecule has 0 N–H and O–H groups in total. The molecule has 2 aliphatic rings. The summed E-state index contributed by atoms with van der Waals surface area (Å²) >= 11 is 3.39. The lowest BCUT2D eigenvalue weighted by molar-refractivity contribution is -0.137. The normalized spacial score (nSPS) is 21.9. The molecule has 0 spiro atoms. The first-order chi connectivity index (χ1) is 17.2. The van der Waals surface area contributed by atoms with Gasteiger partial charge < -0.3 is 9.47 Å². The van der Waals surface area contributed by atoms with Gasteiger partial charge in [0.05, 0.1) is 20.8 Å². The Hall–Kier alpha value is -2.43. The summed E-state index contributed by atoms with van der Waals surface area (Å²) in [6.07, 6.45) is -2.03. The van der Waals surface area contributed by atoms with Crippen molar-refractivity contribution in [3.8, 4) is 11.4 Å². The van der Waals surface area contributed by atoms with Gasteiger partial charge in [-0.05, 0) is 62.1 Å². The summed E-state index contributed by atoms with van der Waals surface area (Å²) in [5, 5.41) is 10.4. The third-order valence-electron chi connectivity index (χ3n) is 7.44. The molecule has 1 aliphatic carbocycles. The Balaban J connectivity index is 1.02. The first kappa shape index (κ1) is 23.9. The second-order valence-corrected chi connectivity index (χ2v) is 12.1. The number of aryl methyl sites for hydroxylation is 1. The number of alkyl halides is 3. The van der Waals surface area contributed by atoms with Crippen LogP contribution in [0.15, 0.2) is 47.6 Å². The molecule has 2 atom stereocenters. The highest BCUT2D eigenvalue weighted by molar-refractivity contribution is 7.99. The highest BCUT2D eigenvalue weighted by atomic mass is 32.2. The second-order valence-electron chi connectivity index (χ2n) is 9.85. The van der Waals surface area contributed by atoms with Crippen LogP contribution < -0.4 is 0 Å². The standard InChI is InChI=1S/C26H26F3N5S2/c1-16-30-21-12-19(8-9-22(21)36-16)25-13-20(25)14-34(15-25)10-3-11-35-24-32-31-23(33(24)2)17-4-6-18(7-5-17)26(27,28)29/h4-9,12,20H,3,10-11,13-15H2,1-2H3/t20-,25?/m1/s1. The summed E-state index contributed by atoms with van der Waals surface area (Å²) in [6, 6.07) is 11.9. The number of thiazole rings is 1. The maximum absolute atomic E-state index is 12.8. The fourth-order valence-electron chi connectivity index (χ4n) is 5.51. The van der Waals surface area contributed by atoms with Gasteiger partial charge in [-0.15, -0.1) is 21.5 Å². The topological polar surface area (TPSA) is 46.8 Å². The molecule has 1 unspecified atom stereocenters. The van der Waals surface area contributed by atoms with Crippen molar-refractivity contribution < 1.29 is 13.2 Å². The molecule has 4 aromatic rings. The number of rotatable bonds is 7. The number of nitrogens with zero attached hydrogens (tertiary/aromatic N) is 5. The van der Waals surface area contributed by atoms with Crippen LogP contribution in [-0.2, 0) is 18.6 Å². The van der Waals surface area contributed by atoms with Crippen molar-refractivity contribution >= 4 is 33.3 Å². The molecule has 0 bridgehead atoms. The minimum absolute atomic E-state index is 0.305. The number of piperidine rings is 1. The average molecular weight is 530 g/mol. The maximum Gasteiger partial charge on any atom is 0.416 e. The van der Waals surface area contributed by atoms with Crippen LogP contribution in [0.5, 0.6) is 0 Å². The van der Waals surface area contributed by atoms with Gasteiger partial charge in [-0.1, -0.05) is 30.0 Å². The number of hydrogen-bond acceptors (Lipinski definition) is 6. The summed E-state index contributed by atoms with van der Waals surface area (Å²) in [5.74, 6) is 2.23. The fraction of sp³-hybridized carbons (Fsp3) is 0.423. The van der Waals surface area contributed by atoms with E-state index in [1.807, 2.05) is 11.6 Å². The lowest BCUT2D eigenvalue weighted by atomic mass is 9.95. The molecule has 5 nitrogen and oxygen atoms in total. The third kappa shape index (κ3) is 4.33. The van der Waals surface area contributed by atoms with E-state index in [1.54, 1.807) is 23.1 Å². The molecule has 188 valence electrons. The minimum Gasteiger partial charge on any atom is -0.305 e. The van der Waals surface area contributed by atoms with Gasteiger partial charge in [-0.25, -0.2) is 4.98 Å². The van der Waals surface area contributed by atoms with Gasteiger partial charge in [0.15, 0.2) is 11.0 Å². The van der Waals surface area contributed by atoms with Crippen LogP contribution in [0.4, 0.5) is 13.2 Å². The molecule has 0 amide bonds. The number of likely N-dealkylation sites (tertiary alicyclic amines) is 1. The van der Waals surface area contributed by atoms with Gasteiger partial charge in [0.2, 0.25) is 0 Å². The number of halogens is 3. The largest absolute Gasteiger partial charge is 0.416 e. The Morgan fingerprint density at radius 2 is 1.94 bits per heavy atom. The SMILES string of the molecule is Cc1nc2cc(C34C[C@@H]3CN(CCCSc3nnc(-c5ccc(C(F)(F)F)cc5)n3C)C4)ccc2s1. The van der Waals surface area contributed by atoms with E-state index in [4.69, 9.17) is 0 Å². The maximum atomic E-state index is 12.8. The van der Waals surface area contributed by atoms with Crippen LogP contribution in [0.2, 0.25) is 0 Å². The summed E-state index contributed by atoms with van der Waals surface area (Å²) in [4.78, 5) is 7.27. The van der Waals surface area contributed by atoms with Gasteiger partial charge >= 0.3 is 6.18 Å². The lowest BCUT2D eigenvalue weighted by Gasteiger charge is -2.21. The van der Waals surface area contributed by atoms with E-state index in [0.717, 1.165) is 65.5 Å². The molecule has 6 rings (SSSR count). The van der Waals surface area contributed by atoms with Crippen LogP contribution in [0.25, 0.3) is 21.6 Å². The summed E-state index contributed by atoms with van der Waals surface area (Å²) in [6.45, 7) is 5.38. The van der Waals surface area contributed by atoms with E-state index >= 15 is 0 Å². The summed E-state index contributed by atoms with van der Waals surface area (Å²) in [5.41, 5.74) is 2.83. The predicted octanol–water partition coefficient (Wildman–Crippen LogP) is 6.17. The first-order valence-electron chi connectivity index (χ1n) is 12.0. The fourth-order valence-corrected chi connectivity index (χ4v) is 7.15. The molecule has 10 heteroatoms. The van der Waals surface area contributed by atoms with E-state index in [2.05, 4.69) is 45.2 Å². The van der Waals surface area contributed by atoms with Crippen molar-refractivity contribution in [1.29, 1.82) is 0 Å². The smallest absolute Gasteiger partial charge is 0.305 e. The molecule has 0 radical (unpaired) electrons. The van der Waals surface area contributed by atoms with Crippen molar-refractivity contribution in [2.24, 2.45) is 13.0 Å². The Morgan fingerprint density at radius 3 is 2.72 bits per heavy atom. The molecule has 2 aromatic carbocycles. The lowest BCUT2D eigenvalue weighted by Crippen LogP contribution is -2.27. The zero-order valence-corrected chi connectivity index (χ0v) is 21.7. The van der Waals surface area contributed by atoms with Crippen molar-refractivity contribution in [1.82, 2.24) is 24.6 Å². The van der Waals surface area contributed by atoms with Crippen LogP contribution in [0.1, 0.15) is 29.0 Å². The van der Waals surface area contributed by atoms with Gasteiger partial charge in [0.1, 0.15) is 0 Å². The van der Waals surface area contributed by atoms with Gasteiger partial charge in [-0.2, -0.15) is 13.2 Å². The average Bonchev–Trinajstić information content (AvgIpc) is 3.12. The summed E-state index contributed by atoms with van der Waals surface area (Å²) in [7, 11) is 1.85. The van der Waals surface area contributed by atoms with Crippen molar-refractivity contribution in [3.05, 3.63) is 58.6 Å². The molecule has 2 fully saturated rings. The highest BCUT2D eigenvalue weighted by Gasteiger charge is 2.60. The Bertz CT molecular complexity index is 1410. The quantitative estimate of drug-likeness (QED) is 0.212. The Morgan fingerprint density at radius 1 is 1.14 bits per heavy atom. The van der Waals surface area contributed by atoms with Crippen LogP contribution >= 0.6 is 23.1 Å². The highest BCUT2D eigenvalue weighted by Crippen LogP contribution is 2.59. The van der Waals surface area contributed by atoms with Gasteiger partial charge in [-0.3, -0.25) is 0 Å². The van der Waals surface area contributed by atoms with Crippen LogP contribution in [0, 0.1) is 12.8 Å². The van der Waals surface area contributed by atoms with Crippen LogP contribution in [0.3, 0.4) is 0 Å². The molecular formula is C26H26F3N5S2. The molecule has 3 heterocycles. The van der Waals surface area contributed by atoms with Crippen LogP contribution in [-0.4, -0.2) is 50.0 Å². The van der Waals surface area contributed by atoms with E-state index in [-0.39, 0.29) is 0 Å². The van der Waals surface area contributed by atoms with E-state index < -0.39 is 11.7 Å². The second kappa shape index (κ2) is 8.85. The van der Waals surface area contributed by atoms with Crippen molar-refractivity contribution in [2.75, 3.05) is 25.4 Å². The summed E-state index contributed by atoms with van der Waals surface area (Å²) < 4.78 is 41.6. The van der Waals surface area contributed by atoms with E-state index in [9.17, 15) is 13.2 Å². The molecule has 36 heavy (non-hydrogen) atoms. The Kier molecular flexibility index (Phi) is 5.88. The molecule has 1 aliphatic heterocycles. The molecular weight excluding hydrogens is 503 g/mol. The molecule has 2 aromatic heterocycles. The van der Waals surface area contributed by atoms with Crippen molar-refractivity contribution in [2.45, 2.75) is 36.5 Å².